The van der Waals surface area contributed by atoms with E-state index >= 15 is 0 Å². The Bertz CT molecular complexity index is 747. The summed E-state index contributed by atoms with van der Waals surface area (Å²) in [5.74, 6) is 0. The zero-order valence-corrected chi connectivity index (χ0v) is 11.4. The molecule has 0 saturated heterocycles. The second-order valence-corrected chi connectivity index (χ2v) is 6.29. The Morgan fingerprint density at radius 2 is 2.06 bits per heavy atom. The number of halogens is 1. The van der Waals surface area contributed by atoms with E-state index < -0.39 is 9.84 Å². The summed E-state index contributed by atoms with van der Waals surface area (Å²) >= 11 is 5.79. The second kappa shape index (κ2) is 4.66. The smallest absolute Gasteiger partial charge is 0.177 e. The van der Waals surface area contributed by atoms with Gasteiger partial charge in [-0.15, -0.1) is 0 Å². The lowest BCUT2D eigenvalue weighted by molar-refractivity contribution is 0.602. The number of sulfone groups is 1. The zero-order valence-electron chi connectivity index (χ0n) is 10.8. The third-order valence-electron chi connectivity index (χ3n) is 2.31. The first-order chi connectivity index (χ1) is 8.79. The molecule has 2 aromatic heterocycles. The molecule has 0 radical (unpaired) electrons. The minimum Gasteiger partial charge on any atom is -0.261 e. The van der Waals surface area contributed by atoms with Gasteiger partial charge in [0.15, 0.2) is 9.84 Å². The highest BCUT2D eigenvalue weighted by Crippen LogP contribution is 2.27. The molecule has 18 heavy (non-hydrogen) atoms. The van der Waals surface area contributed by atoms with E-state index in [1.54, 1.807) is 13.0 Å². The van der Waals surface area contributed by atoms with Gasteiger partial charge < -0.3 is 0 Å². The summed E-state index contributed by atoms with van der Waals surface area (Å²) in [6.45, 7) is 1.76. The lowest BCUT2D eigenvalue weighted by atomic mass is 10.2. The number of aromatic nitrogens is 2. The molecule has 0 N–H and O–H groups in total. The Labute approximate surface area is 112 Å². The zero-order chi connectivity index (χ0) is 14.2. The van der Waals surface area contributed by atoms with E-state index in [1.807, 2.05) is 0 Å². The summed E-state index contributed by atoms with van der Waals surface area (Å²) in [5.41, 5.74) is 1.25. The van der Waals surface area contributed by atoms with E-state index in [9.17, 15) is 8.42 Å². The van der Waals surface area contributed by atoms with Crippen LogP contribution in [0.1, 0.15) is 7.06 Å². The molecule has 0 aliphatic rings. The predicted octanol–water partition coefficient (Wildman–Crippen LogP) is 2.51. The minimum absolute atomic E-state index is 0.000784. The maximum atomic E-state index is 11.8. The Morgan fingerprint density at radius 3 is 2.67 bits per heavy atom. The summed E-state index contributed by atoms with van der Waals surface area (Å²) in [6, 6.07) is 3.06. The Morgan fingerprint density at radius 1 is 1.33 bits per heavy atom. The van der Waals surface area contributed by atoms with Crippen molar-refractivity contribution in [1.82, 2.24) is 9.97 Å². The lowest BCUT2D eigenvalue weighted by Crippen LogP contribution is -2.02. The molecule has 94 valence electrons. The van der Waals surface area contributed by atoms with Gasteiger partial charge in [-0.25, -0.2) is 8.42 Å². The average Bonchev–Trinajstić information content (AvgIpc) is 2.28. The van der Waals surface area contributed by atoms with Crippen LogP contribution in [0.5, 0.6) is 0 Å². The molecule has 0 amide bonds. The van der Waals surface area contributed by atoms with E-state index in [0.29, 0.717) is 11.3 Å². The fourth-order valence-corrected chi connectivity index (χ4v) is 2.54. The van der Waals surface area contributed by atoms with E-state index in [-0.39, 0.29) is 21.7 Å². The summed E-state index contributed by atoms with van der Waals surface area (Å²) in [7, 11) is -3.49. The van der Waals surface area contributed by atoms with Crippen LogP contribution < -0.4 is 0 Å². The molecule has 0 spiro atoms. The molecule has 2 aromatic rings. The van der Waals surface area contributed by atoms with Crippen molar-refractivity contribution in [2.24, 2.45) is 0 Å². The van der Waals surface area contributed by atoms with Gasteiger partial charge in [-0.3, -0.25) is 9.97 Å². The fraction of sp³-hybridized carbons (Fsp3) is 0.167. The Kier molecular flexibility index (Phi) is 3.01. The molecule has 0 aromatic carbocycles. The largest absolute Gasteiger partial charge is 0.261 e. The first-order valence-electron chi connectivity index (χ1n) is 5.58. The van der Waals surface area contributed by atoms with Crippen LogP contribution in [0.3, 0.4) is 0 Å². The molecule has 0 atom stereocenters. The summed E-state index contributed by atoms with van der Waals surface area (Å²) in [6.07, 6.45) is 3.88. The first-order valence-corrected chi connectivity index (χ1v) is 7.35. The SMILES string of the molecule is [2H]c1cc(C)ncc1-c1ncc(Cl)cc1S(C)(=O)=O. The van der Waals surface area contributed by atoms with Gasteiger partial charge in [0, 0.05) is 29.9 Å². The van der Waals surface area contributed by atoms with E-state index in [1.165, 1.54) is 18.5 Å². The number of nitrogens with zero attached hydrogens (tertiary/aromatic N) is 2. The number of aryl methyl sites for hydroxylation is 1. The molecule has 2 rings (SSSR count). The van der Waals surface area contributed by atoms with Gasteiger partial charge in [-0.1, -0.05) is 11.6 Å². The fourth-order valence-electron chi connectivity index (χ4n) is 1.46. The molecule has 0 aliphatic carbocycles. The highest BCUT2D eigenvalue weighted by Gasteiger charge is 2.16. The molecule has 0 saturated carbocycles. The second-order valence-electron chi connectivity index (χ2n) is 3.87. The van der Waals surface area contributed by atoms with E-state index in [0.717, 1.165) is 6.26 Å². The van der Waals surface area contributed by atoms with Gasteiger partial charge in [-0.2, -0.15) is 0 Å². The molecule has 0 bridgehead atoms. The summed E-state index contributed by atoms with van der Waals surface area (Å²) in [5, 5.41) is 0.232. The molecule has 6 heteroatoms. The predicted molar refractivity (Wildman–Crippen MR) is 70.3 cm³/mol. The van der Waals surface area contributed by atoms with Gasteiger partial charge >= 0.3 is 0 Å². The minimum atomic E-state index is -3.49. The molecule has 0 unspecified atom stereocenters. The third kappa shape index (κ3) is 2.68. The maximum absolute atomic E-state index is 11.8. The molecule has 4 nitrogen and oxygen atoms in total. The van der Waals surface area contributed by atoms with Gasteiger partial charge in [-0.05, 0) is 25.1 Å². The lowest BCUT2D eigenvalue weighted by Gasteiger charge is -2.07. The molecule has 0 fully saturated rings. The Balaban J connectivity index is 2.76. The molecular weight excluding hydrogens is 272 g/mol. The standard InChI is InChI=1S/C12H11ClN2O2S/c1-8-3-4-9(6-14-8)12-11(18(2,16)17)5-10(13)7-15-12/h3-7H,1-2H3/i4D. The van der Waals surface area contributed by atoms with Crippen LogP contribution in [0.2, 0.25) is 5.02 Å². The van der Waals surface area contributed by atoms with Gasteiger partial charge in [0.1, 0.15) is 0 Å². The van der Waals surface area contributed by atoms with Gasteiger partial charge in [0.25, 0.3) is 0 Å². The van der Waals surface area contributed by atoms with Crippen LogP contribution in [0.4, 0.5) is 0 Å². The highest BCUT2D eigenvalue weighted by molar-refractivity contribution is 7.90. The Hall–Kier alpha value is -1.46. The number of hydrogen-bond acceptors (Lipinski definition) is 4. The topological polar surface area (TPSA) is 59.9 Å². The average molecular weight is 284 g/mol. The van der Waals surface area contributed by atoms with Crippen molar-refractivity contribution in [3.8, 4) is 11.3 Å². The third-order valence-corrected chi connectivity index (χ3v) is 3.62. The van der Waals surface area contributed by atoms with Crippen LogP contribution in [0.25, 0.3) is 11.3 Å². The van der Waals surface area contributed by atoms with Gasteiger partial charge in [0.2, 0.25) is 0 Å². The van der Waals surface area contributed by atoms with Crippen LogP contribution in [0.15, 0.2) is 35.5 Å². The monoisotopic (exact) mass is 283 g/mol. The van der Waals surface area contributed by atoms with Crippen LogP contribution in [-0.4, -0.2) is 24.6 Å². The number of hydrogen-bond donors (Lipinski definition) is 0. The van der Waals surface area contributed by atoms with Crippen molar-refractivity contribution in [2.45, 2.75) is 11.8 Å². The number of pyridine rings is 2. The van der Waals surface area contributed by atoms with Crippen LogP contribution in [0, 0.1) is 6.92 Å². The van der Waals surface area contributed by atoms with Crippen LogP contribution in [-0.2, 0) is 9.84 Å². The normalized spacial score (nSPS) is 12.3. The summed E-state index contributed by atoms with van der Waals surface area (Å²) < 4.78 is 31.5. The molecular formula is C12H11ClN2O2S. The molecule has 0 aliphatic heterocycles. The van der Waals surface area contributed by atoms with Gasteiger partial charge in [0.05, 0.1) is 17.0 Å². The molecule has 2 heterocycles. The van der Waals surface area contributed by atoms with Crippen molar-refractivity contribution < 1.29 is 9.79 Å². The number of rotatable bonds is 2. The summed E-state index contributed by atoms with van der Waals surface area (Å²) in [4.78, 5) is 8.11. The van der Waals surface area contributed by atoms with Crippen LogP contribution >= 0.6 is 11.6 Å². The van der Waals surface area contributed by atoms with Crippen molar-refractivity contribution in [2.75, 3.05) is 6.26 Å². The van der Waals surface area contributed by atoms with Crippen molar-refractivity contribution in [3.05, 3.63) is 41.3 Å². The first kappa shape index (κ1) is 11.6. The van der Waals surface area contributed by atoms with Crippen molar-refractivity contribution >= 4 is 21.4 Å². The van der Waals surface area contributed by atoms with E-state index in [4.69, 9.17) is 13.0 Å². The highest BCUT2D eigenvalue weighted by atomic mass is 35.5. The van der Waals surface area contributed by atoms with E-state index in [2.05, 4.69) is 9.97 Å². The van der Waals surface area contributed by atoms with Crippen molar-refractivity contribution in [3.63, 3.8) is 0 Å². The maximum Gasteiger partial charge on any atom is 0.177 e. The quantitative estimate of drug-likeness (QED) is 0.850. The van der Waals surface area contributed by atoms with Crippen molar-refractivity contribution in [1.29, 1.82) is 0 Å².